The molecule has 2 aromatic heterocycles. The summed E-state index contributed by atoms with van der Waals surface area (Å²) in [7, 11) is 0. The molecule has 0 bridgehead atoms. The van der Waals surface area contributed by atoms with Crippen LogP contribution in [0.4, 0.5) is 5.69 Å². The molecule has 0 amide bonds. The smallest absolute Gasteiger partial charge is 0.0705 e. The summed E-state index contributed by atoms with van der Waals surface area (Å²) in [5, 5.41) is 0. The first-order valence-electron chi connectivity index (χ1n) is 15.9. The molecule has 0 saturated carbocycles. The van der Waals surface area contributed by atoms with Crippen LogP contribution in [-0.2, 0) is 13.1 Å². The highest BCUT2D eigenvalue weighted by Crippen LogP contribution is 2.30. The Morgan fingerprint density at radius 3 is 2.18 bits per heavy atom. The molecule has 224 valence electrons. The van der Waals surface area contributed by atoms with Crippen LogP contribution in [0.15, 0.2) is 97.5 Å². The maximum atomic E-state index is 4.70. The SMILES string of the molecule is Cc1ccc(N(Cc2cncc(-c3cc(C)c(C)c(C)c3)c2)C2CCN(Cc3ccnc(-c4cccc(C)c4)c3)CC2)cc1. The van der Waals surface area contributed by atoms with Gasteiger partial charge in [0.2, 0.25) is 0 Å². The van der Waals surface area contributed by atoms with E-state index in [2.05, 4.69) is 128 Å². The molecule has 44 heavy (non-hydrogen) atoms. The molecule has 1 aliphatic heterocycles. The normalized spacial score (nSPS) is 14.1. The molecule has 3 heterocycles. The maximum absolute atomic E-state index is 4.70. The first-order chi connectivity index (χ1) is 21.3. The van der Waals surface area contributed by atoms with Crippen LogP contribution in [0.3, 0.4) is 0 Å². The Hall–Kier alpha value is -4.28. The average molecular weight is 581 g/mol. The lowest BCUT2D eigenvalue weighted by Crippen LogP contribution is -2.44. The molecular weight excluding hydrogens is 536 g/mol. The lowest BCUT2D eigenvalue weighted by molar-refractivity contribution is 0.201. The van der Waals surface area contributed by atoms with Gasteiger partial charge < -0.3 is 4.90 Å². The van der Waals surface area contributed by atoms with Crippen molar-refractivity contribution in [2.75, 3.05) is 18.0 Å². The summed E-state index contributed by atoms with van der Waals surface area (Å²) >= 11 is 0. The summed E-state index contributed by atoms with van der Waals surface area (Å²) in [5.74, 6) is 0. The first kappa shape index (κ1) is 29.8. The number of likely N-dealkylation sites (tertiary alicyclic amines) is 1. The highest BCUT2D eigenvalue weighted by atomic mass is 15.2. The molecule has 0 spiro atoms. The Morgan fingerprint density at radius 2 is 1.45 bits per heavy atom. The quantitative estimate of drug-likeness (QED) is 0.183. The zero-order chi connectivity index (χ0) is 30.6. The highest BCUT2D eigenvalue weighted by Gasteiger charge is 2.25. The number of anilines is 1. The standard InChI is InChI=1S/C40H44N4/c1-28-9-11-38(12-10-28)44(27-34-22-37(25-41-24-34)36-20-30(3)32(5)31(4)21-36)39-14-17-43(18-15-39)26-33-13-16-42-40(23-33)35-8-6-7-29(2)19-35/h6-13,16,19-25,39H,14-15,17-18,26-27H2,1-5H3. The van der Waals surface area contributed by atoms with Gasteiger partial charge >= 0.3 is 0 Å². The molecule has 0 radical (unpaired) electrons. The minimum atomic E-state index is 0.474. The number of nitrogens with zero attached hydrogens (tertiary/aromatic N) is 4. The predicted octanol–water partition coefficient (Wildman–Crippen LogP) is 9.02. The van der Waals surface area contributed by atoms with E-state index in [-0.39, 0.29) is 0 Å². The van der Waals surface area contributed by atoms with Crippen LogP contribution in [0.25, 0.3) is 22.4 Å². The van der Waals surface area contributed by atoms with Gasteiger partial charge in [0, 0.05) is 67.6 Å². The van der Waals surface area contributed by atoms with Crippen LogP contribution in [0.2, 0.25) is 0 Å². The Kier molecular flexibility index (Phi) is 8.90. The zero-order valence-electron chi connectivity index (χ0n) is 26.8. The van der Waals surface area contributed by atoms with Gasteiger partial charge in [-0.25, -0.2) is 0 Å². The lowest BCUT2D eigenvalue weighted by Gasteiger charge is -2.40. The number of rotatable bonds is 8. The fourth-order valence-corrected chi connectivity index (χ4v) is 6.48. The molecule has 4 heteroatoms. The van der Waals surface area contributed by atoms with Crippen LogP contribution in [0, 0.1) is 34.6 Å². The molecular formula is C40H44N4. The number of aromatic nitrogens is 2. The van der Waals surface area contributed by atoms with Gasteiger partial charge in [-0.3, -0.25) is 14.9 Å². The Bertz CT molecular complexity index is 1710. The summed E-state index contributed by atoms with van der Waals surface area (Å²) in [6.45, 7) is 14.9. The van der Waals surface area contributed by atoms with Gasteiger partial charge in [-0.05, 0) is 117 Å². The third-order valence-corrected chi connectivity index (χ3v) is 9.32. The van der Waals surface area contributed by atoms with Crippen LogP contribution in [-0.4, -0.2) is 34.0 Å². The van der Waals surface area contributed by atoms with E-state index in [1.54, 1.807) is 0 Å². The van der Waals surface area contributed by atoms with Crippen molar-refractivity contribution in [3.8, 4) is 22.4 Å². The molecule has 4 nitrogen and oxygen atoms in total. The van der Waals surface area contributed by atoms with E-state index < -0.39 is 0 Å². The first-order valence-corrected chi connectivity index (χ1v) is 15.9. The Labute approximate surface area is 263 Å². The molecule has 1 aliphatic rings. The van der Waals surface area contributed by atoms with E-state index in [0.717, 1.165) is 44.7 Å². The molecule has 3 aromatic carbocycles. The van der Waals surface area contributed by atoms with E-state index in [1.165, 1.54) is 61.3 Å². The van der Waals surface area contributed by atoms with Gasteiger partial charge in [0.1, 0.15) is 0 Å². The third-order valence-electron chi connectivity index (χ3n) is 9.32. The fourth-order valence-electron chi connectivity index (χ4n) is 6.48. The topological polar surface area (TPSA) is 32.3 Å². The molecule has 1 fully saturated rings. The van der Waals surface area contributed by atoms with Gasteiger partial charge in [0.15, 0.2) is 0 Å². The van der Waals surface area contributed by atoms with Crippen molar-refractivity contribution in [3.05, 3.63) is 136 Å². The van der Waals surface area contributed by atoms with Gasteiger partial charge in [-0.1, -0.05) is 53.6 Å². The molecule has 5 aromatic rings. The highest BCUT2D eigenvalue weighted by molar-refractivity contribution is 5.66. The van der Waals surface area contributed by atoms with Crippen molar-refractivity contribution in [1.29, 1.82) is 0 Å². The monoisotopic (exact) mass is 580 g/mol. The fraction of sp³-hybridized carbons (Fsp3) is 0.300. The summed E-state index contributed by atoms with van der Waals surface area (Å²) in [6.07, 6.45) is 8.27. The summed E-state index contributed by atoms with van der Waals surface area (Å²) in [6, 6.07) is 29.5. The van der Waals surface area contributed by atoms with Crippen molar-refractivity contribution in [2.24, 2.45) is 0 Å². The second kappa shape index (κ2) is 13.2. The lowest BCUT2D eigenvalue weighted by atomic mass is 9.96. The maximum Gasteiger partial charge on any atom is 0.0705 e. The van der Waals surface area contributed by atoms with Gasteiger partial charge in [0.25, 0.3) is 0 Å². The molecule has 0 aliphatic carbocycles. The van der Waals surface area contributed by atoms with Gasteiger partial charge in [0.05, 0.1) is 5.69 Å². The number of hydrogen-bond donors (Lipinski definition) is 0. The number of benzene rings is 3. The molecule has 0 N–H and O–H groups in total. The second-order valence-corrected chi connectivity index (χ2v) is 12.7. The number of piperidine rings is 1. The van der Waals surface area contributed by atoms with Gasteiger partial charge in [-0.15, -0.1) is 0 Å². The van der Waals surface area contributed by atoms with Crippen LogP contribution in [0.5, 0.6) is 0 Å². The Balaban J connectivity index is 1.18. The average Bonchev–Trinajstić information content (AvgIpc) is 3.03. The molecule has 1 saturated heterocycles. The number of aryl methyl sites for hydroxylation is 4. The summed E-state index contributed by atoms with van der Waals surface area (Å²) in [4.78, 5) is 14.6. The Morgan fingerprint density at radius 1 is 0.705 bits per heavy atom. The van der Waals surface area contributed by atoms with Crippen molar-refractivity contribution >= 4 is 5.69 Å². The predicted molar refractivity (Wildman–Crippen MR) is 184 cm³/mol. The van der Waals surface area contributed by atoms with Crippen molar-refractivity contribution in [3.63, 3.8) is 0 Å². The summed E-state index contributed by atoms with van der Waals surface area (Å²) < 4.78 is 0. The van der Waals surface area contributed by atoms with Crippen LogP contribution in [0.1, 0.15) is 51.8 Å². The third kappa shape index (κ3) is 6.92. The van der Waals surface area contributed by atoms with E-state index in [1.807, 2.05) is 18.6 Å². The second-order valence-electron chi connectivity index (χ2n) is 12.7. The van der Waals surface area contributed by atoms with E-state index >= 15 is 0 Å². The molecule has 0 atom stereocenters. The number of hydrogen-bond acceptors (Lipinski definition) is 4. The van der Waals surface area contributed by atoms with Crippen LogP contribution >= 0.6 is 0 Å². The zero-order valence-corrected chi connectivity index (χ0v) is 26.8. The number of pyridine rings is 2. The minimum absolute atomic E-state index is 0.474. The van der Waals surface area contributed by atoms with Crippen molar-refractivity contribution in [2.45, 2.75) is 66.6 Å². The van der Waals surface area contributed by atoms with E-state index in [4.69, 9.17) is 4.98 Å². The van der Waals surface area contributed by atoms with Crippen molar-refractivity contribution < 1.29 is 0 Å². The largest absolute Gasteiger partial charge is 0.364 e. The summed E-state index contributed by atoms with van der Waals surface area (Å²) in [5.41, 5.74) is 15.1. The molecule has 0 unspecified atom stereocenters. The van der Waals surface area contributed by atoms with Crippen molar-refractivity contribution in [1.82, 2.24) is 14.9 Å². The van der Waals surface area contributed by atoms with Gasteiger partial charge in [-0.2, -0.15) is 0 Å². The van der Waals surface area contributed by atoms with E-state index in [0.29, 0.717) is 6.04 Å². The van der Waals surface area contributed by atoms with E-state index in [9.17, 15) is 0 Å². The minimum Gasteiger partial charge on any atom is -0.364 e. The van der Waals surface area contributed by atoms with Crippen LogP contribution < -0.4 is 4.90 Å². The molecule has 6 rings (SSSR count).